The molecule has 0 aliphatic carbocycles. The quantitative estimate of drug-likeness (QED) is 0.436. The molecule has 0 bridgehead atoms. The Bertz CT molecular complexity index is 381. The highest BCUT2D eigenvalue weighted by molar-refractivity contribution is 5.66. The van der Waals surface area contributed by atoms with Crippen molar-refractivity contribution in [3.05, 3.63) is 22.8 Å². The molecule has 0 aliphatic rings. The molecule has 0 heterocycles. The van der Waals surface area contributed by atoms with E-state index in [4.69, 9.17) is 21.7 Å². The third kappa shape index (κ3) is 3.09. The zero-order valence-electron chi connectivity index (χ0n) is 10.2. The Morgan fingerprint density at radius 1 is 1.12 bits per heavy atom. The average molecular weight is 239 g/mol. The van der Waals surface area contributed by atoms with Crippen LogP contribution in [0.4, 0.5) is 11.4 Å². The van der Waals surface area contributed by atoms with Crippen LogP contribution in [0.15, 0.2) is 6.07 Å². The summed E-state index contributed by atoms with van der Waals surface area (Å²) in [6.45, 7) is 0.682. The Balaban J connectivity index is 3.25. The molecule has 1 rings (SSSR count). The van der Waals surface area contributed by atoms with E-state index in [2.05, 4.69) is 5.32 Å². The number of nitrogens with one attached hydrogen (secondary N) is 1. The second-order valence-electron chi connectivity index (χ2n) is 3.97. The normalized spacial score (nSPS) is 10.8. The van der Waals surface area contributed by atoms with Gasteiger partial charge in [-0.15, -0.1) is 0 Å². The second kappa shape index (κ2) is 6.44. The van der Waals surface area contributed by atoms with Gasteiger partial charge in [0.2, 0.25) is 0 Å². The van der Waals surface area contributed by atoms with Crippen molar-refractivity contribution in [2.24, 2.45) is 0 Å². The van der Waals surface area contributed by atoms with Gasteiger partial charge in [-0.25, -0.2) is 0 Å². The number of nitrogen functional groups attached to an aromatic ring is 2. The molecule has 1 aromatic rings. The fraction of sp³-hybridized carbons (Fsp3) is 0.500. The number of aliphatic hydroxyl groups excluding tert-OH is 2. The van der Waals surface area contributed by atoms with Crippen LogP contribution in [0.25, 0.3) is 0 Å². The fourth-order valence-electron chi connectivity index (χ4n) is 1.99. The van der Waals surface area contributed by atoms with Gasteiger partial charge in [0.05, 0.1) is 0 Å². The van der Waals surface area contributed by atoms with E-state index in [1.54, 1.807) is 6.07 Å². The van der Waals surface area contributed by atoms with Gasteiger partial charge >= 0.3 is 0 Å². The Morgan fingerprint density at radius 2 is 1.76 bits per heavy atom. The van der Waals surface area contributed by atoms with Gasteiger partial charge in [-0.2, -0.15) is 0 Å². The van der Waals surface area contributed by atoms with Crippen LogP contribution < -0.4 is 16.8 Å². The van der Waals surface area contributed by atoms with Crippen LogP contribution >= 0.6 is 0 Å². The number of aliphatic hydroxyl groups is 2. The minimum Gasteiger partial charge on any atom is -0.398 e. The molecule has 0 amide bonds. The minimum absolute atomic E-state index is 0.0307. The van der Waals surface area contributed by atoms with E-state index in [0.717, 1.165) is 16.7 Å². The highest BCUT2D eigenvalue weighted by Crippen LogP contribution is 2.28. The van der Waals surface area contributed by atoms with E-state index in [0.29, 0.717) is 30.8 Å². The van der Waals surface area contributed by atoms with E-state index >= 15 is 0 Å². The van der Waals surface area contributed by atoms with E-state index in [1.165, 1.54) is 0 Å². The van der Waals surface area contributed by atoms with Crippen LogP contribution in [0.2, 0.25) is 0 Å². The highest BCUT2D eigenvalue weighted by Gasteiger charge is 2.13. The first kappa shape index (κ1) is 13.8. The smallest absolute Gasteiger partial charge is 0.0472 e. The molecule has 5 nitrogen and oxygen atoms in total. The number of rotatable bonds is 6. The summed E-state index contributed by atoms with van der Waals surface area (Å²) >= 11 is 0. The lowest BCUT2D eigenvalue weighted by molar-refractivity contribution is 0.298. The topological polar surface area (TPSA) is 105 Å². The summed E-state index contributed by atoms with van der Waals surface area (Å²) in [5, 5.41) is 21.1. The number of hydrogen-bond donors (Lipinski definition) is 5. The van der Waals surface area contributed by atoms with Crippen molar-refractivity contribution < 1.29 is 10.2 Å². The monoisotopic (exact) mass is 239 g/mol. The van der Waals surface area contributed by atoms with E-state index in [1.807, 2.05) is 7.05 Å². The molecular weight excluding hydrogens is 218 g/mol. The van der Waals surface area contributed by atoms with Gasteiger partial charge in [0.1, 0.15) is 0 Å². The van der Waals surface area contributed by atoms with Crippen molar-refractivity contribution in [1.82, 2.24) is 5.32 Å². The summed E-state index contributed by atoms with van der Waals surface area (Å²) in [7, 11) is 1.83. The summed E-state index contributed by atoms with van der Waals surface area (Å²) in [6, 6.07) is 1.80. The lowest BCUT2D eigenvalue weighted by Gasteiger charge is -2.17. The molecule has 0 fully saturated rings. The molecule has 0 atom stereocenters. The summed E-state index contributed by atoms with van der Waals surface area (Å²) in [6.07, 6.45) is 0.959. The molecule has 0 saturated carbocycles. The summed E-state index contributed by atoms with van der Waals surface area (Å²) in [4.78, 5) is 0. The molecule has 5 heteroatoms. The molecule has 96 valence electrons. The van der Waals surface area contributed by atoms with Crippen LogP contribution in [0, 0.1) is 0 Å². The van der Waals surface area contributed by atoms with E-state index in [-0.39, 0.29) is 13.2 Å². The highest BCUT2D eigenvalue weighted by atomic mass is 16.3. The average Bonchev–Trinajstić information content (AvgIpc) is 2.30. The van der Waals surface area contributed by atoms with Gasteiger partial charge in [-0.1, -0.05) is 0 Å². The summed E-state index contributed by atoms with van der Waals surface area (Å²) in [5.41, 5.74) is 16.0. The van der Waals surface area contributed by atoms with Crippen molar-refractivity contribution >= 4 is 11.4 Å². The third-order valence-corrected chi connectivity index (χ3v) is 2.81. The van der Waals surface area contributed by atoms with Gasteiger partial charge < -0.3 is 27.0 Å². The molecule has 0 radical (unpaired) electrons. The van der Waals surface area contributed by atoms with Crippen molar-refractivity contribution in [3.8, 4) is 0 Å². The molecule has 17 heavy (non-hydrogen) atoms. The Labute approximate surface area is 101 Å². The maximum absolute atomic E-state index is 9.08. The van der Waals surface area contributed by atoms with Crippen molar-refractivity contribution in [1.29, 1.82) is 0 Å². The molecule has 7 N–H and O–H groups in total. The largest absolute Gasteiger partial charge is 0.398 e. The first-order chi connectivity index (χ1) is 8.15. The second-order valence-corrected chi connectivity index (χ2v) is 3.97. The number of hydrogen-bond acceptors (Lipinski definition) is 5. The molecule has 0 saturated heterocycles. The first-order valence-electron chi connectivity index (χ1n) is 5.70. The van der Waals surface area contributed by atoms with Gasteiger partial charge in [0, 0.05) is 31.1 Å². The number of nitrogens with two attached hydrogens (primary N) is 2. The zero-order valence-corrected chi connectivity index (χ0v) is 10.2. The molecule has 0 spiro atoms. The molecule has 0 unspecified atom stereocenters. The third-order valence-electron chi connectivity index (χ3n) is 2.81. The molecular formula is C12H21N3O2. The Hall–Kier alpha value is -1.30. The van der Waals surface area contributed by atoms with Gasteiger partial charge in [-0.05, 0) is 42.6 Å². The van der Waals surface area contributed by atoms with Crippen LogP contribution in [-0.2, 0) is 19.4 Å². The minimum atomic E-state index is 0.0307. The predicted octanol–water partition coefficient (Wildman–Crippen LogP) is -0.360. The van der Waals surface area contributed by atoms with Gasteiger partial charge in [-0.3, -0.25) is 0 Å². The van der Waals surface area contributed by atoms with Crippen molar-refractivity contribution in [3.63, 3.8) is 0 Å². The van der Waals surface area contributed by atoms with Crippen molar-refractivity contribution in [2.45, 2.75) is 19.4 Å². The Morgan fingerprint density at radius 3 is 2.29 bits per heavy atom. The van der Waals surface area contributed by atoms with Crippen LogP contribution in [0.1, 0.15) is 16.7 Å². The molecule has 0 aromatic heterocycles. The van der Waals surface area contributed by atoms with Crippen LogP contribution in [0.5, 0.6) is 0 Å². The van der Waals surface area contributed by atoms with Crippen LogP contribution in [-0.4, -0.2) is 30.5 Å². The maximum Gasteiger partial charge on any atom is 0.0472 e. The lowest BCUT2D eigenvalue weighted by atomic mass is 9.95. The molecule has 1 aromatic carbocycles. The summed E-state index contributed by atoms with van der Waals surface area (Å²) in [5.74, 6) is 0. The summed E-state index contributed by atoms with van der Waals surface area (Å²) < 4.78 is 0. The SMILES string of the molecule is CNCc1c(N)cc(CCO)c(N)c1CCO. The lowest BCUT2D eigenvalue weighted by Crippen LogP contribution is -2.15. The van der Waals surface area contributed by atoms with Crippen molar-refractivity contribution in [2.75, 3.05) is 31.7 Å². The molecule has 0 aliphatic heterocycles. The first-order valence-corrected chi connectivity index (χ1v) is 5.70. The number of anilines is 2. The predicted molar refractivity (Wildman–Crippen MR) is 69.6 cm³/mol. The van der Waals surface area contributed by atoms with Gasteiger partial charge in [0.25, 0.3) is 0 Å². The van der Waals surface area contributed by atoms with E-state index < -0.39 is 0 Å². The van der Waals surface area contributed by atoms with Crippen LogP contribution in [0.3, 0.4) is 0 Å². The Kier molecular flexibility index (Phi) is 5.21. The fourth-order valence-corrected chi connectivity index (χ4v) is 1.99. The maximum atomic E-state index is 9.08. The number of benzene rings is 1. The van der Waals surface area contributed by atoms with E-state index in [9.17, 15) is 0 Å². The standard InChI is InChI=1S/C12H21N3O2/c1-15-7-10-9(3-5-17)12(14)8(2-4-16)6-11(10)13/h6,15-17H,2-5,7,13-14H2,1H3. The zero-order chi connectivity index (χ0) is 12.8. The van der Waals surface area contributed by atoms with Gasteiger partial charge in [0.15, 0.2) is 0 Å².